The van der Waals surface area contributed by atoms with Crippen molar-refractivity contribution in [2.45, 2.75) is 44.2 Å². The van der Waals surface area contributed by atoms with Gasteiger partial charge in [-0.25, -0.2) is 0 Å². The minimum Gasteiger partial charge on any atom is -0.386 e. The number of thiophene rings is 1. The fourth-order valence-electron chi connectivity index (χ4n) is 2.19. The molecule has 3 heteroatoms. The molecular weight excluding hydrogens is 194 g/mol. The van der Waals surface area contributed by atoms with Gasteiger partial charge in [0, 0.05) is 15.3 Å². The second kappa shape index (κ2) is 3.65. The molecule has 1 aromatic heterocycles. The third-order valence-corrected chi connectivity index (χ3v) is 4.16. The topological polar surface area (TPSA) is 46.2 Å². The van der Waals surface area contributed by atoms with Crippen LogP contribution in [0.4, 0.5) is 0 Å². The molecule has 2 rings (SSSR count). The van der Waals surface area contributed by atoms with Gasteiger partial charge in [0.25, 0.3) is 0 Å². The highest BCUT2D eigenvalue weighted by atomic mass is 32.1. The molecule has 1 aromatic rings. The molecule has 0 radical (unpaired) electrons. The first kappa shape index (κ1) is 10.1. The molecule has 1 fully saturated rings. The summed E-state index contributed by atoms with van der Waals surface area (Å²) in [4.78, 5) is 2.26. The quantitative estimate of drug-likeness (QED) is 0.789. The maximum Gasteiger partial charge on any atom is 0.106 e. The first-order chi connectivity index (χ1) is 6.62. The summed E-state index contributed by atoms with van der Waals surface area (Å²) in [6.07, 6.45) is 3.73. The summed E-state index contributed by atoms with van der Waals surface area (Å²) in [5, 5.41) is 10.2. The lowest BCUT2D eigenvalue weighted by molar-refractivity contribution is 0.0904. The van der Waals surface area contributed by atoms with Gasteiger partial charge in [0.1, 0.15) is 6.10 Å². The Morgan fingerprint density at radius 2 is 2.07 bits per heavy atom. The molecule has 0 aliphatic heterocycles. The van der Waals surface area contributed by atoms with Gasteiger partial charge >= 0.3 is 0 Å². The number of aliphatic hydroxyl groups is 1. The van der Waals surface area contributed by atoms with Crippen LogP contribution in [0, 0.1) is 6.92 Å². The smallest absolute Gasteiger partial charge is 0.106 e. The highest BCUT2D eigenvalue weighted by molar-refractivity contribution is 7.12. The average molecular weight is 211 g/mol. The Balaban J connectivity index is 2.18. The zero-order chi connectivity index (χ0) is 10.2. The number of rotatable bonds is 2. The van der Waals surface area contributed by atoms with Crippen LogP contribution in [0.25, 0.3) is 0 Å². The van der Waals surface area contributed by atoms with Gasteiger partial charge < -0.3 is 10.8 Å². The van der Waals surface area contributed by atoms with Crippen molar-refractivity contribution in [2.24, 2.45) is 5.73 Å². The summed E-state index contributed by atoms with van der Waals surface area (Å²) in [5.41, 5.74) is 5.84. The zero-order valence-electron chi connectivity index (χ0n) is 8.49. The number of nitrogens with two attached hydrogens (primary N) is 1. The van der Waals surface area contributed by atoms with Crippen LogP contribution in [0.3, 0.4) is 0 Å². The Morgan fingerprint density at radius 1 is 1.43 bits per heavy atom. The number of hydrogen-bond donors (Lipinski definition) is 2. The fraction of sp³-hybridized carbons (Fsp3) is 0.636. The summed E-state index contributed by atoms with van der Waals surface area (Å²) in [6, 6.07) is 4.04. The van der Waals surface area contributed by atoms with E-state index in [4.69, 9.17) is 5.73 Å². The van der Waals surface area contributed by atoms with Gasteiger partial charge in [-0.05, 0) is 31.9 Å². The fourth-order valence-corrected chi connectivity index (χ4v) is 3.18. The lowest BCUT2D eigenvalue weighted by Gasteiger charge is -2.29. The van der Waals surface area contributed by atoms with Gasteiger partial charge in [0.2, 0.25) is 0 Å². The van der Waals surface area contributed by atoms with Crippen molar-refractivity contribution < 1.29 is 5.11 Å². The predicted octanol–water partition coefficient (Wildman–Crippen LogP) is 2.36. The Labute approximate surface area is 88.8 Å². The van der Waals surface area contributed by atoms with Crippen molar-refractivity contribution in [1.82, 2.24) is 0 Å². The van der Waals surface area contributed by atoms with Crippen LogP contribution in [0.2, 0.25) is 0 Å². The highest BCUT2D eigenvalue weighted by Crippen LogP contribution is 2.39. The molecule has 1 aliphatic rings. The molecule has 1 heterocycles. The van der Waals surface area contributed by atoms with E-state index < -0.39 is 6.10 Å². The minimum atomic E-state index is -0.469. The first-order valence-corrected chi connectivity index (χ1v) is 5.97. The summed E-state index contributed by atoms with van der Waals surface area (Å²) < 4.78 is 0. The van der Waals surface area contributed by atoms with Crippen molar-refractivity contribution in [3.8, 4) is 0 Å². The zero-order valence-corrected chi connectivity index (χ0v) is 9.31. The van der Waals surface area contributed by atoms with Crippen LogP contribution < -0.4 is 5.73 Å². The molecule has 0 spiro atoms. The Kier molecular flexibility index (Phi) is 2.64. The monoisotopic (exact) mass is 211 g/mol. The SMILES string of the molecule is Cc1ccc(C(O)C2(N)CCCC2)s1. The predicted molar refractivity (Wildman–Crippen MR) is 59.4 cm³/mol. The summed E-state index contributed by atoms with van der Waals surface area (Å²) in [7, 11) is 0. The van der Waals surface area contributed by atoms with Crippen molar-refractivity contribution >= 4 is 11.3 Å². The van der Waals surface area contributed by atoms with E-state index in [1.807, 2.05) is 12.1 Å². The van der Waals surface area contributed by atoms with Gasteiger partial charge in [0.15, 0.2) is 0 Å². The van der Waals surface area contributed by atoms with E-state index in [-0.39, 0.29) is 5.54 Å². The molecule has 14 heavy (non-hydrogen) atoms. The van der Waals surface area contributed by atoms with Crippen LogP contribution in [0.15, 0.2) is 12.1 Å². The molecule has 0 amide bonds. The van der Waals surface area contributed by atoms with E-state index in [0.717, 1.165) is 30.6 Å². The van der Waals surface area contributed by atoms with Gasteiger partial charge in [-0.15, -0.1) is 11.3 Å². The summed E-state index contributed by atoms with van der Waals surface area (Å²) >= 11 is 1.65. The molecule has 3 N–H and O–H groups in total. The second-order valence-electron chi connectivity index (χ2n) is 4.29. The van der Waals surface area contributed by atoms with E-state index in [0.29, 0.717) is 0 Å². The maximum atomic E-state index is 10.2. The standard InChI is InChI=1S/C11H17NOS/c1-8-4-5-9(14-8)10(13)11(12)6-2-3-7-11/h4-5,10,13H,2-3,6-7,12H2,1H3. The van der Waals surface area contributed by atoms with Gasteiger partial charge in [-0.2, -0.15) is 0 Å². The Hall–Kier alpha value is -0.380. The summed E-state index contributed by atoms with van der Waals surface area (Å²) in [5.74, 6) is 0. The molecule has 0 aromatic carbocycles. The molecule has 78 valence electrons. The van der Waals surface area contributed by atoms with Gasteiger partial charge in [0.05, 0.1) is 0 Å². The lowest BCUT2D eigenvalue weighted by atomic mass is 9.91. The molecule has 1 atom stereocenters. The third kappa shape index (κ3) is 1.72. The van der Waals surface area contributed by atoms with Crippen molar-refractivity contribution in [1.29, 1.82) is 0 Å². The maximum absolute atomic E-state index is 10.2. The van der Waals surface area contributed by atoms with Crippen molar-refractivity contribution in [3.63, 3.8) is 0 Å². The molecule has 1 saturated carbocycles. The summed E-state index contributed by atoms with van der Waals surface area (Å²) in [6.45, 7) is 2.05. The van der Waals surface area contributed by atoms with Crippen LogP contribution in [0.5, 0.6) is 0 Å². The van der Waals surface area contributed by atoms with Crippen LogP contribution in [-0.2, 0) is 0 Å². The highest BCUT2D eigenvalue weighted by Gasteiger charge is 2.38. The van der Waals surface area contributed by atoms with Gasteiger partial charge in [-0.3, -0.25) is 0 Å². The van der Waals surface area contributed by atoms with E-state index in [2.05, 4.69) is 6.92 Å². The van der Waals surface area contributed by atoms with Crippen molar-refractivity contribution in [3.05, 3.63) is 21.9 Å². The molecule has 0 saturated heterocycles. The Morgan fingerprint density at radius 3 is 2.57 bits per heavy atom. The molecule has 2 nitrogen and oxygen atoms in total. The van der Waals surface area contributed by atoms with E-state index in [9.17, 15) is 5.11 Å². The average Bonchev–Trinajstić information content (AvgIpc) is 2.74. The van der Waals surface area contributed by atoms with Crippen molar-refractivity contribution in [2.75, 3.05) is 0 Å². The first-order valence-electron chi connectivity index (χ1n) is 5.15. The molecule has 0 bridgehead atoms. The number of aryl methyl sites for hydroxylation is 1. The Bertz CT molecular complexity index is 315. The van der Waals surface area contributed by atoms with Crippen LogP contribution in [-0.4, -0.2) is 10.6 Å². The largest absolute Gasteiger partial charge is 0.386 e. The lowest BCUT2D eigenvalue weighted by Crippen LogP contribution is -2.42. The van der Waals surface area contributed by atoms with Crippen LogP contribution >= 0.6 is 11.3 Å². The van der Waals surface area contributed by atoms with E-state index in [1.54, 1.807) is 11.3 Å². The van der Waals surface area contributed by atoms with Gasteiger partial charge in [-0.1, -0.05) is 12.8 Å². The molecular formula is C11H17NOS. The van der Waals surface area contributed by atoms with E-state index >= 15 is 0 Å². The third-order valence-electron chi connectivity index (χ3n) is 3.11. The normalized spacial score (nSPS) is 22.5. The number of aliphatic hydroxyl groups excluding tert-OH is 1. The molecule has 1 aliphatic carbocycles. The molecule has 1 unspecified atom stereocenters. The second-order valence-corrected chi connectivity index (χ2v) is 5.61. The van der Waals surface area contributed by atoms with Crippen LogP contribution in [0.1, 0.15) is 41.5 Å². The minimum absolute atomic E-state index is 0.364. The van der Waals surface area contributed by atoms with E-state index in [1.165, 1.54) is 4.88 Å². The number of hydrogen-bond acceptors (Lipinski definition) is 3.